The van der Waals surface area contributed by atoms with Crippen LogP contribution < -0.4 is 20.7 Å². The molecule has 1 saturated heterocycles. The zero-order valence-corrected chi connectivity index (χ0v) is 19.3. The lowest BCUT2D eigenvalue weighted by molar-refractivity contribution is 0.608. The normalized spacial score (nSPS) is 15.8. The molecule has 5 rings (SSSR count). The molecule has 0 aliphatic carbocycles. The van der Waals surface area contributed by atoms with Crippen molar-refractivity contribution in [2.45, 2.75) is 0 Å². The van der Waals surface area contributed by atoms with Gasteiger partial charge in [-0.1, -0.05) is 121 Å². The number of nitriles is 2. The van der Waals surface area contributed by atoms with E-state index in [0.29, 0.717) is 0 Å². The second-order valence-electron chi connectivity index (χ2n) is 7.68. The third-order valence-corrected chi connectivity index (χ3v) is 17.6. The van der Waals surface area contributed by atoms with Crippen molar-refractivity contribution in [3.05, 3.63) is 121 Å². The molecule has 0 N–H and O–H groups in total. The lowest BCUT2D eigenvalue weighted by Crippen LogP contribution is -3.04. The number of hydrogen-bond donors (Lipinski definition) is 0. The van der Waals surface area contributed by atoms with Crippen LogP contribution in [0.1, 0.15) is 0 Å². The van der Waals surface area contributed by atoms with Gasteiger partial charge in [0, 0.05) is 0 Å². The quantitative estimate of drug-likeness (QED) is 0.357. The maximum absolute atomic E-state index is 10.7. The predicted molar refractivity (Wildman–Crippen MR) is 131 cm³/mol. The monoisotopic (exact) mass is 444 g/mol. The summed E-state index contributed by atoms with van der Waals surface area (Å²) in [5.74, 6) is 0. The summed E-state index contributed by atoms with van der Waals surface area (Å²) in [5, 5.41) is 25.6. The first kappa shape index (κ1) is 19.8. The molecule has 1 fully saturated rings. The molecular weight excluding hydrogens is 424 g/mol. The van der Waals surface area contributed by atoms with E-state index in [2.05, 4.69) is 60.9 Å². The summed E-state index contributed by atoms with van der Waals surface area (Å²) >= 11 is 0. The molecule has 1 aliphatic rings. The van der Waals surface area contributed by atoms with Gasteiger partial charge in [-0.05, 0) is 20.7 Å². The minimum Gasteiger partial charge on any atom is -0.312 e. The van der Waals surface area contributed by atoms with E-state index in [1.807, 2.05) is 81.3 Å². The molecule has 1 aliphatic heterocycles. The summed E-state index contributed by atoms with van der Waals surface area (Å²) in [7, 11) is -6.10. The molecule has 4 nitrogen and oxygen atoms in total. The van der Waals surface area contributed by atoms with Gasteiger partial charge in [-0.25, -0.2) is 0 Å². The molecule has 6 heteroatoms. The van der Waals surface area contributed by atoms with Crippen molar-refractivity contribution in [3.63, 3.8) is 0 Å². The Balaban J connectivity index is 1.88. The standard InChI is InChI=1S/C26H20N4Si2/c27-21-29-31(23-13-5-1-6-14-23,24-15-7-2-8-16-24)30(22-28)32(29,25-17-9-3-10-18-25)26-19-11-4-12-20-26/h1-20H. The van der Waals surface area contributed by atoms with Crippen LogP contribution in [0.5, 0.6) is 0 Å². The van der Waals surface area contributed by atoms with Gasteiger partial charge in [-0.15, -0.1) is 0 Å². The first-order chi connectivity index (χ1) is 15.8. The van der Waals surface area contributed by atoms with Crippen LogP contribution in [0.4, 0.5) is 0 Å². The largest absolute Gasteiger partial charge is 0.336 e. The van der Waals surface area contributed by atoms with Crippen molar-refractivity contribution in [2.75, 3.05) is 0 Å². The van der Waals surface area contributed by atoms with E-state index in [0.717, 1.165) is 20.7 Å². The number of nitrogens with zero attached hydrogens (tertiary/aromatic N) is 4. The predicted octanol–water partition coefficient (Wildman–Crippen LogP) is 2.08. The molecule has 0 spiro atoms. The smallest absolute Gasteiger partial charge is 0.312 e. The van der Waals surface area contributed by atoms with Crippen molar-refractivity contribution >= 4 is 37.5 Å². The van der Waals surface area contributed by atoms with Crippen LogP contribution in [0, 0.1) is 22.9 Å². The van der Waals surface area contributed by atoms with Gasteiger partial charge in [-0.3, -0.25) is 0 Å². The molecule has 4 aromatic rings. The van der Waals surface area contributed by atoms with Crippen molar-refractivity contribution in [1.82, 2.24) is 8.46 Å². The maximum Gasteiger partial charge on any atom is 0.336 e. The maximum atomic E-state index is 10.7. The first-order valence-corrected chi connectivity index (χ1v) is 14.2. The van der Waals surface area contributed by atoms with Crippen molar-refractivity contribution < 1.29 is 0 Å². The summed E-state index contributed by atoms with van der Waals surface area (Å²) in [6.07, 6.45) is 5.21. The third-order valence-electron chi connectivity index (χ3n) is 6.20. The van der Waals surface area contributed by atoms with Gasteiger partial charge in [0.25, 0.3) is 0 Å². The molecule has 0 saturated carbocycles. The van der Waals surface area contributed by atoms with Crippen molar-refractivity contribution in [1.29, 1.82) is 10.5 Å². The Morgan fingerprint density at radius 3 is 0.812 bits per heavy atom. The molecule has 0 aromatic heterocycles. The van der Waals surface area contributed by atoms with E-state index in [4.69, 9.17) is 0 Å². The average Bonchev–Trinajstić information content (AvgIpc) is 2.87. The van der Waals surface area contributed by atoms with Gasteiger partial charge >= 0.3 is 16.8 Å². The average molecular weight is 445 g/mol. The highest BCUT2D eigenvalue weighted by Gasteiger charge is 2.75. The SMILES string of the molecule is N#CN1[Si](c2ccccc2)(c2ccccc2)N(C#N)[Si]1(c1ccccc1)c1ccccc1. The van der Waals surface area contributed by atoms with Crippen LogP contribution in [-0.2, 0) is 0 Å². The van der Waals surface area contributed by atoms with Gasteiger partial charge in [0.05, 0.1) is 0 Å². The summed E-state index contributed by atoms with van der Waals surface area (Å²) in [4.78, 5) is 0. The number of hydrogen-bond acceptors (Lipinski definition) is 4. The van der Waals surface area contributed by atoms with Crippen molar-refractivity contribution in [2.24, 2.45) is 0 Å². The Morgan fingerprint density at radius 2 is 0.625 bits per heavy atom. The van der Waals surface area contributed by atoms with Gasteiger partial charge < -0.3 is 8.46 Å². The fourth-order valence-electron chi connectivity index (χ4n) is 4.96. The van der Waals surface area contributed by atoms with E-state index < -0.39 is 16.8 Å². The van der Waals surface area contributed by atoms with Crippen molar-refractivity contribution in [3.8, 4) is 12.4 Å². The van der Waals surface area contributed by atoms with Gasteiger partial charge in [0.2, 0.25) is 0 Å². The zero-order chi connectivity index (χ0) is 22.0. The lowest BCUT2D eigenvalue weighted by atomic mass is 10.4. The highest BCUT2D eigenvalue weighted by molar-refractivity contribution is 7.25. The zero-order valence-electron chi connectivity index (χ0n) is 17.3. The molecule has 0 atom stereocenters. The molecule has 0 unspecified atom stereocenters. The molecule has 152 valence electrons. The Bertz CT molecular complexity index is 1100. The lowest BCUT2D eigenvalue weighted by Gasteiger charge is -2.66. The molecule has 4 aromatic carbocycles. The van der Waals surface area contributed by atoms with E-state index in [1.165, 1.54) is 0 Å². The van der Waals surface area contributed by atoms with E-state index in [1.54, 1.807) is 0 Å². The summed E-state index contributed by atoms with van der Waals surface area (Å²) in [5.41, 5.74) is 0. The second kappa shape index (κ2) is 7.86. The minimum absolute atomic E-state index is 1.03. The van der Waals surface area contributed by atoms with Crippen LogP contribution >= 0.6 is 0 Å². The van der Waals surface area contributed by atoms with Crippen LogP contribution in [0.3, 0.4) is 0 Å². The Morgan fingerprint density at radius 1 is 0.406 bits per heavy atom. The molecule has 0 bridgehead atoms. The third kappa shape index (κ3) is 2.51. The molecule has 1 heterocycles. The summed E-state index contributed by atoms with van der Waals surface area (Å²) in [6, 6.07) is 40.3. The van der Waals surface area contributed by atoms with Gasteiger partial charge in [0.15, 0.2) is 12.4 Å². The molecular formula is C26H20N4Si2. The van der Waals surface area contributed by atoms with Crippen LogP contribution in [-0.4, -0.2) is 25.3 Å². The van der Waals surface area contributed by atoms with Crippen LogP contribution in [0.15, 0.2) is 121 Å². The molecule has 0 amide bonds. The highest BCUT2D eigenvalue weighted by atomic mass is 28.5. The minimum atomic E-state index is -3.05. The summed E-state index contributed by atoms with van der Waals surface area (Å²) < 4.78 is 4.08. The number of benzene rings is 4. The van der Waals surface area contributed by atoms with Gasteiger partial charge in [-0.2, -0.15) is 10.5 Å². The fraction of sp³-hybridized carbons (Fsp3) is 0. The van der Waals surface area contributed by atoms with E-state index in [9.17, 15) is 10.5 Å². The highest BCUT2D eigenvalue weighted by Crippen LogP contribution is 2.37. The number of rotatable bonds is 4. The molecule has 0 radical (unpaired) electrons. The topological polar surface area (TPSA) is 54.1 Å². The van der Waals surface area contributed by atoms with E-state index in [-0.39, 0.29) is 0 Å². The second-order valence-corrected chi connectivity index (χ2v) is 15.4. The summed E-state index contributed by atoms with van der Waals surface area (Å²) in [6.45, 7) is 0. The Kier molecular flexibility index (Phi) is 4.87. The van der Waals surface area contributed by atoms with Crippen LogP contribution in [0.25, 0.3) is 0 Å². The Hall–Kier alpha value is -4.11. The van der Waals surface area contributed by atoms with Crippen LogP contribution in [0.2, 0.25) is 0 Å². The fourth-order valence-corrected chi connectivity index (χ4v) is 18.7. The van der Waals surface area contributed by atoms with E-state index >= 15 is 0 Å². The first-order valence-electron chi connectivity index (χ1n) is 10.4. The van der Waals surface area contributed by atoms with Gasteiger partial charge in [0.1, 0.15) is 0 Å². The Labute approximate surface area is 190 Å². The molecule has 32 heavy (non-hydrogen) atoms.